The number of carbonyl (C=O) groups excluding carboxylic acids is 2. The van der Waals surface area contributed by atoms with Gasteiger partial charge in [0.1, 0.15) is 11.4 Å². The summed E-state index contributed by atoms with van der Waals surface area (Å²) in [6.45, 7) is 5.06. The number of benzene rings is 1. The van der Waals surface area contributed by atoms with Gasteiger partial charge in [0.2, 0.25) is 5.91 Å². The SMILES string of the molecule is CCOC(=O)c1cc(-c2csc(C3CCN(C(=O)/C(C)=C/c4cc(OC)c(OC)cc4OC)CC3)n2)on1. The summed E-state index contributed by atoms with van der Waals surface area (Å²) in [7, 11) is 4.71. The molecule has 1 amide bonds. The average molecular weight is 542 g/mol. The molecule has 1 aliphatic rings. The molecule has 202 valence electrons. The quantitative estimate of drug-likeness (QED) is 0.278. The molecule has 0 spiro atoms. The minimum absolute atomic E-state index is 0.0201. The van der Waals surface area contributed by atoms with Gasteiger partial charge in [-0.1, -0.05) is 5.16 Å². The van der Waals surface area contributed by atoms with Crippen molar-refractivity contribution < 1.29 is 33.1 Å². The number of likely N-dealkylation sites (tertiary alicyclic amines) is 1. The van der Waals surface area contributed by atoms with Gasteiger partial charge < -0.3 is 28.4 Å². The van der Waals surface area contributed by atoms with E-state index in [-0.39, 0.29) is 24.1 Å². The molecule has 0 radical (unpaired) electrons. The summed E-state index contributed by atoms with van der Waals surface area (Å²) >= 11 is 1.54. The van der Waals surface area contributed by atoms with E-state index in [0.717, 1.165) is 23.4 Å². The van der Waals surface area contributed by atoms with Gasteiger partial charge in [0.15, 0.2) is 23.0 Å². The number of nitrogens with zero attached hydrogens (tertiary/aromatic N) is 3. The van der Waals surface area contributed by atoms with Gasteiger partial charge in [0, 0.05) is 47.7 Å². The minimum atomic E-state index is -0.524. The third-order valence-electron chi connectivity index (χ3n) is 6.35. The molecule has 3 heterocycles. The van der Waals surface area contributed by atoms with E-state index >= 15 is 0 Å². The van der Waals surface area contributed by atoms with Crippen molar-refractivity contribution in [2.24, 2.45) is 0 Å². The van der Waals surface area contributed by atoms with Crippen LogP contribution in [0, 0.1) is 0 Å². The third kappa shape index (κ3) is 5.83. The fourth-order valence-electron chi connectivity index (χ4n) is 4.33. The zero-order valence-corrected chi connectivity index (χ0v) is 22.9. The molecule has 38 heavy (non-hydrogen) atoms. The van der Waals surface area contributed by atoms with Crippen molar-refractivity contribution in [2.75, 3.05) is 41.0 Å². The highest BCUT2D eigenvalue weighted by Crippen LogP contribution is 2.36. The molecule has 3 aromatic rings. The minimum Gasteiger partial charge on any atom is -0.496 e. The number of hydrogen-bond donors (Lipinski definition) is 0. The number of thiazole rings is 1. The maximum absolute atomic E-state index is 13.2. The lowest BCUT2D eigenvalue weighted by Crippen LogP contribution is -2.38. The fraction of sp³-hybridized carbons (Fsp3) is 0.407. The first kappa shape index (κ1) is 27.2. The molecule has 0 aliphatic carbocycles. The third-order valence-corrected chi connectivity index (χ3v) is 7.35. The van der Waals surface area contributed by atoms with Crippen LogP contribution in [0.4, 0.5) is 0 Å². The van der Waals surface area contributed by atoms with E-state index in [2.05, 4.69) is 5.16 Å². The summed E-state index contributed by atoms with van der Waals surface area (Å²) in [6.07, 6.45) is 3.41. The summed E-state index contributed by atoms with van der Waals surface area (Å²) in [5.74, 6) is 1.83. The zero-order chi connectivity index (χ0) is 27.2. The van der Waals surface area contributed by atoms with E-state index in [1.165, 1.54) is 0 Å². The number of hydrogen-bond acceptors (Lipinski definition) is 10. The lowest BCUT2D eigenvalue weighted by Gasteiger charge is -2.31. The molecule has 0 bridgehead atoms. The van der Waals surface area contributed by atoms with Crippen LogP contribution in [-0.2, 0) is 9.53 Å². The largest absolute Gasteiger partial charge is 0.496 e. The Labute approximate surface area is 225 Å². The maximum atomic E-state index is 13.2. The van der Waals surface area contributed by atoms with Gasteiger partial charge in [0.05, 0.1) is 32.9 Å². The number of carbonyl (C=O) groups is 2. The predicted molar refractivity (Wildman–Crippen MR) is 142 cm³/mol. The number of amides is 1. The molecule has 1 fully saturated rings. The van der Waals surface area contributed by atoms with Gasteiger partial charge in [0.25, 0.3) is 0 Å². The van der Waals surface area contributed by atoms with Crippen LogP contribution in [0.2, 0.25) is 0 Å². The Bertz CT molecular complexity index is 1320. The van der Waals surface area contributed by atoms with Crippen LogP contribution >= 0.6 is 11.3 Å². The van der Waals surface area contributed by atoms with Gasteiger partial charge in [-0.3, -0.25) is 4.79 Å². The van der Waals surface area contributed by atoms with Crippen molar-refractivity contribution in [1.82, 2.24) is 15.0 Å². The molecule has 2 aromatic heterocycles. The maximum Gasteiger partial charge on any atom is 0.360 e. The van der Waals surface area contributed by atoms with Gasteiger partial charge in [-0.25, -0.2) is 9.78 Å². The van der Waals surface area contributed by atoms with E-state index in [4.69, 9.17) is 28.5 Å². The summed E-state index contributed by atoms with van der Waals surface area (Å²) in [6, 6.07) is 5.08. The summed E-state index contributed by atoms with van der Waals surface area (Å²) < 4.78 is 26.5. The van der Waals surface area contributed by atoms with Crippen LogP contribution in [0.5, 0.6) is 17.2 Å². The first-order chi connectivity index (χ1) is 18.4. The van der Waals surface area contributed by atoms with E-state index in [1.54, 1.807) is 64.7 Å². The average Bonchev–Trinajstić information content (AvgIpc) is 3.63. The smallest absolute Gasteiger partial charge is 0.360 e. The van der Waals surface area contributed by atoms with Crippen molar-refractivity contribution in [3.05, 3.63) is 45.4 Å². The Balaban J connectivity index is 1.40. The molecule has 0 atom stereocenters. The van der Waals surface area contributed by atoms with Crippen LogP contribution in [0.3, 0.4) is 0 Å². The lowest BCUT2D eigenvalue weighted by atomic mass is 9.97. The normalized spacial score (nSPS) is 14.3. The second-order valence-electron chi connectivity index (χ2n) is 8.71. The van der Waals surface area contributed by atoms with Crippen molar-refractivity contribution in [3.8, 4) is 28.7 Å². The molecule has 4 rings (SSSR count). The van der Waals surface area contributed by atoms with Crippen molar-refractivity contribution in [1.29, 1.82) is 0 Å². The number of rotatable bonds is 9. The summed E-state index contributed by atoms with van der Waals surface area (Å²) in [4.78, 5) is 31.6. The Hall–Kier alpha value is -3.86. The van der Waals surface area contributed by atoms with E-state index in [9.17, 15) is 9.59 Å². The first-order valence-electron chi connectivity index (χ1n) is 12.3. The summed E-state index contributed by atoms with van der Waals surface area (Å²) in [5.41, 5.74) is 2.10. The molecule has 0 saturated carbocycles. The Morgan fingerprint density at radius 3 is 2.42 bits per heavy atom. The Kier molecular flexibility index (Phi) is 8.67. The zero-order valence-electron chi connectivity index (χ0n) is 22.1. The molecule has 0 unspecified atom stereocenters. The first-order valence-corrected chi connectivity index (χ1v) is 13.1. The standard InChI is InChI=1S/C27H31N3O7S/c1-6-36-27(32)19-13-22(37-29-19)20-15-38-25(28-20)17-7-9-30(10-8-17)26(31)16(2)11-18-12-23(34-4)24(35-5)14-21(18)33-3/h11-15,17H,6-10H2,1-5H3/b16-11+. The molecule has 1 aliphatic heterocycles. The lowest BCUT2D eigenvalue weighted by molar-refractivity contribution is -0.128. The second kappa shape index (κ2) is 12.1. The van der Waals surface area contributed by atoms with E-state index in [1.807, 2.05) is 16.4 Å². The molecular weight excluding hydrogens is 510 g/mol. The molecule has 11 heteroatoms. The van der Waals surface area contributed by atoms with Gasteiger partial charge >= 0.3 is 5.97 Å². The highest BCUT2D eigenvalue weighted by atomic mass is 32.1. The highest BCUT2D eigenvalue weighted by Gasteiger charge is 2.27. The molecule has 0 N–H and O–H groups in total. The molecule has 1 aromatic carbocycles. The number of ether oxygens (including phenoxy) is 4. The van der Waals surface area contributed by atoms with Crippen LogP contribution in [-0.4, -0.2) is 67.9 Å². The Morgan fingerprint density at radius 1 is 1.08 bits per heavy atom. The fourth-order valence-corrected chi connectivity index (χ4v) is 5.31. The van der Waals surface area contributed by atoms with Crippen molar-refractivity contribution >= 4 is 29.3 Å². The van der Waals surface area contributed by atoms with Crippen LogP contribution in [0.25, 0.3) is 17.5 Å². The van der Waals surface area contributed by atoms with Gasteiger partial charge in [-0.2, -0.15) is 0 Å². The number of piperidine rings is 1. The van der Waals surface area contributed by atoms with Crippen molar-refractivity contribution in [2.45, 2.75) is 32.6 Å². The molecular formula is C27H31N3O7S. The van der Waals surface area contributed by atoms with Gasteiger partial charge in [-0.05, 0) is 38.8 Å². The monoisotopic (exact) mass is 541 g/mol. The number of methoxy groups -OCH3 is 3. The topological polar surface area (TPSA) is 113 Å². The second-order valence-corrected chi connectivity index (χ2v) is 9.60. The molecule has 10 nitrogen and oxygen atoms in total. The number of esters is 1. The van der Waals surface area contributed by atoms with Crippen LogP contribution in [0.15, 0.2) is 33.7 Å². The van der Waals surface area contributed by atoms with E-state index < -0.39 is 5.97 Å². The molecule has 1 saturated heterocycles. The number of aromatic nitrogens is 2. The van der Waals surface area contributed by atoms with Gasteiger partial charge in [-0.15, -0.1) is 11.3 Å². The van der Waals surface area contributed by atoms with E-state index in [0.29, 0.717) is 47.4 Å². The van der Waals surface area contributed by atoms with Crippen LogP contribution in [0.1, 0.15) is 53.7 Å². The van der Waals surface area contributed by atoms with Crippen LogP contribution < -0.4 is 14.2 Å². The predicted octanol–water partition coefficient (Wildman–Crippen LogP) is 4.81. The van der Waals surface area contributed by atoms with Crippen molar-refractivity contribution in [3.63, 3.8) is 0 Å². The summed E-state index contributed by atoms with van der Waals surface area (Å²) in [5, 5.41) is 6.65. The Morgan fingerprint density at radius 2 is 1.76 bits per heavy atom. The highest BCUT2D eigenvalue weighted by molar-refractivity contribution is 7.10.